The summed E-state index contributed by atoms with van der Waals surface area (Å²) < 4.78 is 0. The summed E-state index contributed by atoms with van der Waals surface area (Å²) in [6.45, 7) is 0.993. The minimum atomic E-state index is 0.481. The lowest BCUT2D eigenvalue weighted by Gasteiger charge is -2.24. The third-order valence-electron chi connectivity index (χ3n) is 1.80. The van der Waals surface area contributed by atoms with Crippen LogP contribution >= 0.6 is 0 Å². The van der Waals surface area contributed by atoms with Crippen molar-refractivity contribution in [3.8, 4) is 0 Å². The maximum atomic E-state index is 3.26. The fourth-order valence-corrected chi connectivity index (χ4v) is 1.23. The Bertz CT molecular complexity index is 213. The molecule has 0 radical (unpaired) electrons. The molecule has 0 fully saturated rings. The van der Waals surface area contributed by atoms with E-state index in [4.69, 9.17) is 0 Å². The summed E-state index contributed by atoms with van der Waals surface area (Å²) in [5, 5.41) is 6.42. The van der Waals surface area contributed by atoms with E-state index in [0.717, 1.165) is 6.54 Å². The molecule has 2 nitrogen and oxygen atoms in total. The van der Waals surface area contributed by atoms with Gasteiger partial charge in [0.2, 0.25) is 0 Å². The highest BCUT2D eigenvalue weighted by molar-refractivity contribution is 5.34. The maximum absolute atomic E-state index is 3.26. The summed E-state index contributed by atoms with van der Waals surface area (Å²) in [5.74, 6) is 0. The van der Waals surface area contributed by atoms with Gasteiger partial charge in [0, 0.05) is 6.54 Å². The lowest BCUT2D eigenvalue weighted by atomic mass is 10.0. The van der Waals surface area contributed by atoms with Crippen molar-refractivity contribution in [2.75, 3.05) is 6.54 Å². The van der Waals surface area contributed by atoms with Gasteiger partial charge in [-0.25, -0.2) is 0 Å². The fraction of sp³-hybridized carbons (Fsp3) is 0.250. The number of nitrogens with one attached hydrogen (secondary N) is 2. The van der Waals surface area contributed by atoms with E-state index in [-0.39, 0.29) is 0 Å². The molecule has 0 saturated carbocycles. The zero-order valence-electron chi connectivity index (χ0n) is 5.67. The molecule has 1 unspecified atom stereocenters. The molecule has 0 aromatic carbocycles. The molecule has 0 amide bonds. The van der Waals surface area contributed by atoms with Crippen molar-refractivity contribution in [1.29, 1.82) is 0 Å². The van der Waals surface area contributed by atoms with Crippen LogP contribution in [0, 0.1) is 0 Å². The smallest absolute Gasteiger partial charge is 0.0681 e. The molecule has 0 aliphatic carbocycles. The SMILES string of the molecule is C1=CNC2CNC=CC2=C1. The predicted molar refractivity (Wildman–Crippen MR) is 41.3 cm³/mol. The van der Waals surface area contributed by atoms with Crippen LogP contribution in [0.15, 0.2) is 36.2 Å². The topological polar surface area (TPSA) is 24.1 Å². The Morgan fingerprint density at radius 3 is 3.30 bits per heavy atom. The van der Waals surface area contributed by atoms with E-state index in [1.165, 1.54) is 5.57 Å². The van der Waals surface area contributed by atoms with Gasteiger partial charge in [-0.05, 0) is 30.1 Å². The Morgan fingerprint density at radius 2 is 2.40 bits per heavy atom. The van der Waals surface area contributed by atoms with Crippen molar-refractivity contribution in [2.45, 2.75) is 6.04 Å². The highest BCUT2D eigenvalue weighted by atomic mass is 15.0. The number of hydrogen-bond acceptors (Lipinski definition) is 2. The highest BCUT2D eigenvalue weighted by Gasteiger charge is 2.13. The Balaban J connectivity index is 2.27. The Labute approximate surface area is 60.3 Å². The molecule has 10 heavy (non-hydrogen) atoms. The van der Waals surface area contributed by atoms with Crippen LogP contribution in [0.2, 0.25) is 0 Å². The molecule has 2 heterocycles. The molecule has 0 aromatic rings. The van der Waals surface area contributed by atoms with Gasteiger partial charge in [-0.2, -0.15) is 0 Å². The lowest BCUT2D eigenvalue weighted by molar-refractivity contribution is 0.617. The molecule has 0 bridgehead atoms. The van der Waals surface area contributed by atoms with Gasteiger partial charge in [0.05, 0.1) is 6.04 Å². The van der Waals surface area contributed by atoms with Gasteiger partial charge in [0.25, 0.3) is 0 Å². The first kappa shape index (κ1) is 5.59. The second-order valence-electron chi connectivity index (χ2n) is 2.49. The summed E-state index contributed by atoms with van der Waals surface area (Å²) in [4.78, 5) is 0. The summed E-state index contributed by atoms with van der Waals surface area (Å²) in [6, 6.07) is 0.481. The van der Waals surface area contributed by atoms with Crippen LogP contribution in [0.4, 0.5) is 0 Å². The van der Waals surface area contributed by atoms with E-state index in [2.05, 4.69) is 22.8 Å². The summed E-state index contributed by atoms with van der Waals surface area (Å²) in [5.41, 5.74) is 1.36. The standard InChI is InChI=1S/C8H10N2/c1-2-7-3-5-9-6-8(7)10-4-1/h1-5,8-10H,6H2. The van der Waals surface area contributed by atoms with Crippen LogP contribution in [-0.4, -0.2) is 12.6 Å². The van der Waals surface area contributed by atoms with Gasteiger partial charge in [-0.3, -0.25) is 0 Å². The molecule has 52 valence electrons. The van der Waals surface area contributed by atoms with Gasteiger partial charge in [-0.15, -0.1) is 0 Å². The Morgan fingerprint density at radius 1 is 1.40 bits per heavy atom. The summed E-state index contributed by atoms with van der Waals surface area (Å²) in [6.07, 6.45) is 10.2. The molecule has 2 N–H and O–H groups in total. The Kier molecular flexibility index (Phi) is 1.24. The largest absolute Gasteiger partial charge is 0.388 e. The molecule has 0 saturated heterocycles. The van der Waals surface area contributed by atoms with Gasteiger partial charge in [0.15, 0.2) is 0 Å². The van der Waals surface area contributed by atoms with Crippen molar-refractivity contribution < 1.29 is 0 Å². The molecule has 1 atom stereocenters. The monoisotopic (exact) mass is 134 g/mol. The molecule has 2 heteroatoms. The predicted octanol–water partition coefficient (Wildman–Crippen LogP) is 0.515. The number of hydrogen-bond donors (Lipinski definition) is 2. The van der Waals surface area contributed by atoms with E-state index in [9.17, 15) is 0 Å². The zero-order chi connectivity index (χ0) is 6.81. The Hall–Kier alpha value is -1.18. The van der Waals surface area contributed by atoms with Crippen molar-refractivity contribution in [1.82, 2.24) is 10.6 Å². The average Bonchev–Trinajstić information content (AvgIpc) is 2.05. The van der Waals surface area contributed by atoms with Gasteiger partial charge >= 0.3 is 0 Å². The molecule has 2 aliphatic rings. The molecule has 0 aromatic heterocycles. The first-order valence-corrected chi connectivity index (χ1v) is 3.49. The minimum Gasteiger partial charge on any atom is -0.388 e. The van der Waals surface area contributed by atoms with Crippen molar-refractivity contribution >= 4 is 0 Å². The van der Waals surface area contributed by atoms with E-state index >= 15 is 0 Å². The second-order valence-corrected chi connectivity index (χ2v) is 2.49. The van der Waals surface area contributed by atoms with E-state index in [0.29, 0.717) is 6.04 Å². The fourth-order valence-electron chi connectivity index (χ4n) is 1.23. The zero-order valence-corrected chi connectivity index (χ0v) is 5.67. The summed E-state index contributed by atoms with van der Waals surface area (Å²) >= 11 is 0. The van der Waals surface area contributed by atoms with Crippen molar-refractivity contribution in [3.05, 3.63) is 36.2 Å². The maximum Gasteiger partial charge on any atom is 0.0681 e. The minimum absolute atomic E-state index is 0.481. The highest BCUT2D eigenvalue weighted by Crippen LogP contribution is 2.10. The van der Waals surface area contributed by atoms with E-state index in [1.807, 2.05) is 18.5 Å². The first-order chi connectivity index (χ1) is 4.97. The van der Waals surface area contributed by atoms with Crippen LogP contribution in [0.3, 0.4) is 0 Å². The summed E-state index contributed by atoms with van der Waals surface area (Å²) in [7, 11) is 0. The van der Waals surface area contributed by atoms with Crippen LogP contribution < -0.4 is 10.6 Å². The van der Waals surface area contributed by atoms with E-state index < -0.39 is 0 Å². The molecular formula is C8H10N2. The van der Waals surface area contributed by atoms with Crippen LogP contribution in [0.25, 0.3) is 0 Å². The van der Waals surface area contributed by atoms with E-state index in [1.54, 1.807) is 0 Å². The van der Waals surface area contributed by atoms with Gasteiger partial charge < -0.3 is 10.6 Å². The number of fused-ring (bicyclic) bond motifs is 1. The van der Waals surface area contributed by atoms with Gasteiger partial charge in [0.1, 0.15) is 0 Å². The van der Waals surface area contributed by atoms with Crippen molar-refractivity contribution in [2.24, 2.45) is 0 Å². The third-order valence-corrected chi connectivity index (χ3v) is 1.80. The molecule has 2 aliphatic heterocycles. The average molecular weight is 134 g/mol. The van der Waals surface area contributed by atoms with Crippen LogP contribution in [0.1, 0.15) is 0 Å². The quantitative estimate of drug-likeness (QED) is 0.504. The normalized spacial score (nSPS) is 28.0. The number of dihydropyridines is 1. The second kappa shape index (κ2) is 2.21. The van der Waals surface area contributed by atoms with Crippen LogP contribution in [-0.2, 0) is 0 Å². The van der Waals surface area contributed by atoms with Crippen molar-refractivity contribution in [3.63, 3.8) is 0 Å². The molecular weight excluding hydrogens is 124 g/mol. The molecule has 0 spiro atoms. The third kappa shape index (κ3) is 0.817. The number of rotatable bonds is 0. The number of allylic oxidation sites excluding steroid dienone is 2. The first-order valence-electron chi connectivity index (χ1n) is 3.49. The van der Waals surface area contributed by atoms with Gasteiger partial charge in [-0.1, -0.05) is 6.08 Å². The molecule has 2 rings (SSSR count). The lowest BCUT2D eigenvalue weighted by Crippen LogP contribution is -2.38. The van der Waals surface area contributed by atoms with Crippen LogP contribution in [0.5, 0.6) is 0 Å².